The zero-order chi connectivity index (χ0) is 11.1. The zero-order valence-electron chi connectivity index (χ0n) is 9.19. The van der Waals surface area contributed by atoms with Gasteiger partial charge in [0.25, 0.3) is 5.91 Å². The number of amides is 1. The first kappa shape index (κ1) is 10.2. The van der Waals surface area contributed by atoms with Crippen LogP contribution in [0.3, 0.4) is 0 Å². The fraction of sp³-hybridized carbons (Fsp3) is 0.636. The normalized spacial score (nSPS) is 31.9. The van der Waals surface area contributed by atoms with Gasteiger partial charge in [0.2, 0.25) is 0 Å². The maximum Gasteiger partial charge on any atom is 0.280 e. The Morgan fingerprint density at radius 1 is 1.62 bits per heavy atom. The molecular weight excluding hydrogens is 222 g/mol. The minimum Gasteiger partial charge on any atom is -0.347 e. The first-order chi connectivity index (χ1) is 7.72. The van der Waals surface area contributed by atoms with E-state index in [0.29, 0.717) is 23.0 Å². The lowest BCUT2D eigenvalue weighted by atomic mass is 10.0. The molecule has 1 saturated carbocycles. The van der Waals surface area contributed by atoms with E-state index in [-0.39, 0.29) is 5.91 Å². The van der Waals surface area contributed by atoms with Gasteiger partial charge in [0.15, 0.2) is 5.01 Å². The van der Waals surface area contributed by atoms with Gasteiger partial charge in [-0.15, -0.1) is 11.3 Å². The first-order valence-electron chi connectivity index (χ1n) is 5.69. The second kappa shape index (κ2) is 3.82. The number of piperidine rings is 1. The van der Waals surface area contributed by atoms with Gasteiger partial charge in [-0.2, -0.15) is 0 Å². The van der Waals surface area contributed by atoms with Crippen molar-refractivity contribution in [2.75, 3.05) is 6.54 Å². The summed E-state index contributed by atoms with van der Waals surface area (Å²) in [4.78, 5) is 17.1. The van der Waals surface area contributed by atoms with Crippen molar-refractivity contribution in [1.82, 2.24) is 15.6 Å². The van der Waals surface area contributed by atoms with Gasteiger partial charge in [0, 0.05) is 29.7 Å². The minimum atomic E-state index is -0.00403. The summed E-state index contributed by atoms with van der Waals surface area (Å²) < 4.78 is 0. The largest absolute Gasteiger partial charge is 0.347 e. The van der Waals surface area contributed by atoms with Gasteiger partial charge in [-0.1, -0.05) is 0 Å². The van der Waals surface area contributed by atoms with Gasteiger partial charge in [-0.3, -0.25) is 4.79 Å². The van der Waals surface area contributed by atoms with E-state index in [1.807, 2.05) is 6.92 Å². The summed E-state index contributed by atoms with van der Waals surface area (Å²) in [6.07, 6.45) is 4.03. The zero-order valence-corrected chi connectivity index (χ0v) is 10.0. The van der Waals surface area contributed by atoms with Gasteiger partial charge in [0.05, 0.1) is 0 Å². The molecule has 3 atom stereocenters. The lowest BCUT2D eigenvalue weighted by Crippen LogP contribution is -2.44. The molecule has 2 heterocycles. The van der Waals surface area contributed by atoms with Crippen molar-refractivity contribution in [3.05, 3.63) is 16.1 Å². The highest BCUT2D eigenvalue weighted by Crippen LogP contribution is 2.31. The number of nitrogens with zero attached hydrogens (tertiary/aromatic N) is 1. The molecule has 3 rings (SSSR count). The van der Waals surface area contributed by atoms with Crippen LogP contribution in [0, 0.1) is 12.8 Å². The lowest BCUT2D eigenvalue weighted by Gasteiger charge is -2.22. The molecule has 4 nitrogen and oxygen atoms in total. The minimum absolute atomic E-state index is 0.00403. The number of nitrogens with one attached hydrogen (secondary N) is 2. The van der Waals surface area contributed by atoms with Gasteiger partial charge in [0.1, 0.15) is 0 Å². The van der Waals surface area contributed by atoms with Crippen molar-refractivity contribution in [3.63, 3.8) is 0 Å². The molecule has 2 aliphatic rings. The second-order valence-corrected chi connectivity index (χ2v) is 5.93. The average molecular weight is 237 g/mol. The van der Waals surface area contributed by atoms with Crippen LogP contribution in [0.4, 0.5) is 0 Å². The van der Waals surface area contributed by atoms with Crippen LogP contribution in [-0.2, 0) is 0 Å². The molecule has 0 spiro atoms. The van der Waals surface area contributed by atoms with Crippen LogP contribution >= 0.6 is 11.3 Å². The molecule has 3 unspecified atom stereocenters. The summed E-state index contributed by atoms with van der Waals surface area (Å²) in [5, 5.41) is 7.14. The van der Waals surface area contributed by atoms with E-state index in [4.69, 9.17) is 0 Å². The van der Waals surface area contributed by atoms with Crippen LogP contribution in [-0.4, -0.2) is 29.5 Å². The highest BCUT2D eigenvalue weighted by atomic mass is 32.1. The standard InChI is InChI=1S/C11H15N3OS/c1-6-4-13-11(16-6)10(15)14-9-3-8-2-7(9)5-12-8/h4,7-9,12H,2-3,5H2,1H3,(H,14,15). The Hall–Kier alpha value is -0.940. The maximum atomic E-state index is 11.9. The Kier molecular flexibility index (Phi) is 2.44. The number of hydrogen-bond acceptors (Lipinski definition) is 4. The van der Waals surface area contributed by atoms with Crippen LogP contribution in [0.15, 0.2) is 6.20 Å². The molecule has 2 bridgehead atoms. The Balaban J connectivity index is 1.65. The number of rotatable bonds is 2. The molecule has 2 fully saturated rings. The average Bonchev–Trinajstić information content (AvgIpc) is 2.92. The van der Waals surface area contributed by atoms with E-state index in [1.165, 1.54) is 17.8 Å². The molecule has 1 saturated heterocycles. The quantitative estimate of drug-likeness (QED) is 0.804. The van der Waals surface area contributed by atoms with E-state index in [0.717, 1.165) is 17.8 Å². The monoisotopic (exact) mass is 237 g/mol. The SMILES string of the molecule is Cc1cnc(C(=O)NC2CC3CC2CN3)s1. The van der Waals surface area contributed by atoms with Gasteiger partial charge >= 0.3 is 0 Å². The van der Waals surface area contributed by atoms with Crippen LogP contribution in [0.25, 0.3) is 0 Å². The molecule has 86 valence electrons. The third-order valence-electron chi connectivity index (χ3n) is 3.50. The molecule has 0 aromatic carbocycles. The predicted molar refractivity (Wildman–Crippen MR) is 62.6 cm³/mol. The number of fused-ring (bicyclic) bond motifs is 2. The third kappa shape index (κ3) is 1.74. The van der Waals surface area contributed by atoms with Crippen molar-refractivity contribution < 1.29 is 4.79 Å². The highest BCUT2D eigenvalue weighted by molar-refractivity contribution is 7.13. The third-order valence-corrected chi connectivity index (χ3v) is 4.41. The van der Waals surface area contributed by atoms with Crippen molar-refractivity contribution in [2.24, 2.45) is 5.92 Å². The Morgan fingerprint density at radius 2 is 2.50 bits per heavy atom. The molecule has 1 aliphatic heterocycles. The number of carbonyl (C=O) groups excluding carboxylic acids is 1. The molecule has 0 radical (unpaired) electrons. The van der Waals surface area contributed by atoms with E-state index in [9.17, 15) is 4.79 Å². The van der Waals surface area contributed by atoms with E-state index in [1.54, 1.807) is 6.20 Å². The maximum absolute atomic E-state index is 11.9. The van der Waals surface area contributed by atoms with Crippen LogP contribution in [0.5, 0.6) is 0 Å². The van der Waals surface area contributed by atoms with Crippen LogP contribution in [0.2, 0.25) is 0 Å². The summed E-state index contributed by atoms with van der Waals surface area (Å²) in [6.45, 7) is 3.02. The molecule has 1 aliphatic carbocycles. The molecule has 16 heavy (non-hydrogen) atoms. The fourth-order valence-corrected chi connectivity index (χ4v) is 3.37. The molecule has 5 heteroatoms. The van der Waals surface area contributed by atoms with E-state index in [2.05, 4.69) is 15.6 Å². The van der Waals surface area contributed by atoms with E-state index >= 15 is 0 Å². The number of aryl methyl sites for hydroxylation is 1. The summed E-state index contributed by atoms with van der Waals surface area (Å²) >= 11 is 1.46. The highest BCUT2D eigenvalue weighted by Gasteiger charge is 2.40. The summed E-state index contributed by atoms with van der Waals surface area (Å²) in [7, 11) is 0. The summed E-state index contributed by atoms with van der Waals surface area (Å²) in [6, 6.07) is 0.969. The molecule has 1 amide bonds. The Bertz CT molecular complexity index is 417. The molecule has 2 N–H and O–H groups in total. The summed E-state index contributed by atoms with van der Waals surface area (Å²) in [5.74, 6) is 0.616. The Morgan fingerprint density at radius 3 is 3.06 bits per heavy atom. The van der Waals surface area contributed by atoms with Gasteiger partial charge in [-0.25, -0.2) is 4.98 Å². The van der Waals surface area contributed by atoms with Crippen molar-refractivity contribution >= 4 is 17.2 Å². The summed E-state index contributed by atoms with van der Waals surface area (Å²) in [5.41, 5.74) is 0. The van der Waals surface area contributed by atoms with Crippen molar-refractivity contribution in [2.45, 2.75) is 31.8 Å². The predicted octanol–water partition coefficient (Wildman–Crippen LogP) is 0.932. The lowest BCUT2D eigenvalue weighted by molar-refractivity contribution is 0.0924. The Labute approximate surface area is 98.5 Å². The van der Waals surface area contributed by atoms with E-state index < -0.39 is 0 Å². The number of hydrogen-bond donors (Lipinski definition) is 2. The number of carbonyl (C=O) groups is 1. The second-order valence-electron chi connectivity index (χ2n) is 4.69. The molecule has 1 aromatic heterocycles. The van der Waals surface area contributed by atoms with Gasteiger partial charge in [-0.05, 0) is 25.7 Å². The van der Waals surface area contributed by atoms with Crippen molar-refractivity contribution in [1.29, 1.82) is 0 Å². The fourth-order valence-electron chi connectivity index (χ4n) is 2.70. The first-order valence-corrected chi connectivity index (χ1v) is 6.50. The molecular formula is C11H15N3OS. The smallest absolute Gasteiger partial charge is 0.280 e. The number of thiazole rings is 1. The van der Waals surface area contributed by atoms with Gasteiger partial charge < -0.3 is 10.6 Å². The number of aromatic nitrogens is 1. The topological polar surface area (TPSA) is 54.0 Å². The van der Waals surface area contributed by atoms with Crippen LogP contribution in [0.1, 0.15) is 27.5 Å². The van der Waals surface area contributed by atoms with Crippen molar-refractivity contribution in [3.8, 4) is 0 Å². The van der Waals surface area contributed by atoms with Crippen LogP contribution < -0.4 is 10.6 Å². The molecule has 1 aromatic rings.